The van der Waals surface area contributed by atoms with E-state index in [9.17, 15) is 13.2 Å². The summed E-state index contributed by atoms with van der Waals surface area (Å²) in [6.07, 6.45) is 1.03. The van der Waals surface area contributed by atoms with Crippen LogP contribution in [0.15, 0.2) is 47.4 Å². The monoisotopic (exact) mass is 457 g/mol. The molecular formula is C25H35N3O3S. The highest BCUT2D eigenvalue weighted by Gasteiger charge is 2.23. The van der Waals surface area contributed by atoms with Gasteiger partial charge in [-0.25, -0.2) is 13.1 Å². The molecule has 1 fully saturated rings. The molecule has 0 bridgehead atoms. The van der Waals surface area contributed by atoms with Crippen molar-refractivity contribution in [2.75, 3.05) is 31.1 Å². The molecule has 2 aromatic carbocycles. The molecule has 0 unspecified atom stereocenters. The lowest BCUT2D eigenvalue weighted by molar-refractivity contribution is -0.131. The average molecular weight is 458 g/mol. The Kier molecular flexibility index (Phi) is 7.30. The van der Waals surface area contributed by atoms with Crippen LogP contribution < -0.4 is 9.62 Å². The minimum Gasteiger partial charge on any atom is -0.368 e. The number of hydrogen-bond acceptors (Lipinski definition) is 4. The third-order valence-corrected chi connectivity index (χ3v) is 7.62. The molecule has 32 heavy (non-hydrogen) atoms. The first-order chi connectivity index (χ1) is 15.0. The summed E-state index contributed by atoms with van der Waals surface area (Å²) in [4.78, 5) is 17.3. The van der Waals surface area contributed by atoms with Gasteiger partial charge >= 0.3 is 0 Å². The van der Waals surface area contributed by atoms with Crippen LogP contribution in [0.3, 0.4) is 0 Å². The summed E-state index contributed by atoms with van der Waals surface area (Å²) in [6.45, 7) is 12.8. The van der Waals surface area contributed by atoms with Gasteiger partial charge < -0.3 is 9.80 Å². The molecule has 0 aromatic heterocycles. The van der Waals surface area contributed by atoms with Gasteiger partial charge in [0.15, 0.2) is 0 Å². The van der Waals surface area contributed by atoms with Crippen molar-refractivity contribution in [3.63, 3.8) is 0 Å². The molecule has 174 valence electrons. The minimum absolute atomic E-state index is 0.150. The fraction of sp³-hybridized carbons (Fsp3) is 0.480. The summed E-state index contributed by atoms with van der Waals surface area (Å²) < 4.78 is 27.5. The van der Waals surface area contributed by atoms with Crippen LogP contribution in [0.2, 0.25) is 0 Å². The predicted molar refractivity (Wildman–Crippen MR) is 130 cm³/mol. The number of benzene rings is 2. The van der Waals surface area contributed by atoms with Crippen molar-refractivity contribution in [2.24, 2.45) is 0 Å². The molecule has 3 rings (SSSR count). The minimum atomic E-state index is -3.55. The smallest absolute Gasteiger partial charge is 0.241 e. The Labute approximate surface area is 192 Å². The van der Waals surface area contributed by atoms with Crippen molar-refractivity contribution in [1.29, 1.82) is 0 Å². The van der Waals surface area contributed by atoms with Crippen molar-refractivity contribution in [3.8, 4) is 0 Å². The summed E-state index contributed by atoms with van der Waals surface area (Å²) in [5.41, 5.74) is 4.27. The van der Waals surface area contributed by atoms with E-state index in [1.807, 2.05) is 25.7 Å². The number of carbonyl (C=O) groups is 1. The first-order valence-corrected chi connectivity index (χ1v) is 12.7. The van der Waals surface area contributed by atoms with Gasteiger partial charge in [0.1, 0.15) is 0 Å². The van der Waals surface area contributed by atoms with Crippen LogP contribution in [0.1, 0.15) is 43.9 Å². The zero-order chi connectivity index (χ0) is 23.5. The lowest BCUT2D eigenvalue weighted by Gasteiger charge is -2.37. The SMILES string of the molecule is Cc1cccc(N2CCN(C(=O)CCc3ccc(S(=O)(=O)NC(C)(C)C)cc3)CC2)c1C. The molecule has 7 heteroatoms. The van der Waals surface area contributed by atoms with Gasteiger partial charge in [-0.1, -0.05) is 24.3 Å². The molecule has 1 N–H and O–H groups in total. The lowest BCUT2D eigenvalue weighted by atomic mass is 10.1. The number of carbonyl (C=O) groups excluding carboxylic acids is 1. The molecule has 1 aliphatic heterocycles. The van der Waals surface area contributed by atoms with Crippen LogP contribution in [0.5, 0.6) is 0 Å². The van der Waals surface area contributed by atoms with E-state index in [1.165, 1.54) is 16.8 Å². The molecule has 0 radical (unpaired) electrons. The standard InChI is InChI=1S/C25H35N3O3S/c1-19-7-6-8-23(20(19)2)27-15-17-28(18-16-27)24(29)14-11-21-9-12-22(13-10-21)32(30,31)26-25(3,4)5/h6-10,12-13,26H,11,14-18H2,1-5H3. The second-order valence-electron chi connectivity index (χ2n) is 9.59. The van der Waals surface area contributed by atoms with Gasteiger partial charge in [-0.15, -0.1) is 0 Å². The Morgan fingerprint density at radius 1 is 0.969 bits per heavy atom. The Morgan fingerprint density at radius 3 is 2.19 bits per heavy atom. The lowest BCUT2D eigenvalue weighted by Crippen LogP contribution is -2.49. The Balaban J connectivity index is 1.52. The second-order valence-corrected chi connectivity index (χ2v) is 11.3. The second kappa shape index (κ2) is 9.63. The average Bonchev–Trinajstić information content (AvgIpc) is 2.73. The van der Waals surface area contributed by atoms with E-state index in [0.29, 0.717) is 12.8 Å². The highest BCUT2D eigenvalue weighted by molar-refractivity contribution is 7.89. The topological polar surface area (TPSA) is 69.7 Å². The van der Waals surface area contributed by atoms with Gasteiger partial charge in [0, 0.05) is 43.8 Å². The Bertz CT molecular complexity index is 1050. The molecule has 6 nitrogen and oxygen atoms in total. The van der Waals surface area contributed by atoms with Crippen molar-refractivity contribution >= 4 is 21.6 Å². The number of nitrogens with zero attached hydrogens (tertiary/aromatic N) is 2. The highest BCUT2D eigenvalue weighted by atomic mass is 32.2. The van der Waals surface area contributed by atoms with Crippen molar-refractivity contribution in [3.05, 3.63) is 59.2 Å². The maximum atomic E-state index is 12.7. The number of hydrogen-bond donors (Lipinski definition) is 1. The first-order valence-electron chi connectivity index (χ1n) is 11.2. The summed E-state index contributed by atoms with van der Waals surface area (Å²) in [5.74, 6) is 0.150. The van der Waals surface area contributed by atoms with Crippen molar-refractivity contribution < 1.29 is 13.2 Å². The largest absolute Gasteiger partial charge is 0.368 e. The van der Waals surface area contributed by atoms with Crippen molar-refractivity contribution in [1.82, 2.24) is 9.62 Å². The van der Waals surface area contributed by atoms with Crippen LogP contribution in [-0.2, 0) is 21.2 Å². The molecule has 0 saturated carbocycles. The Morgan fingerprint density at radius 2 is 1.59 bits per heavy atom. The van der Waals surface area contributed by atoms with E-state index in [1.54, 1.807) is 24.3 Å². The highest BCUT2D eigenvalue weighted by Crippen LogP contribution is 2.24. The Hall–Kier alpha value is -2.38. The third kappa shape index (κ3) is 6.11. The zero-order valence-corrected chi connectivity index (χ0v) is 20.6. The number of piperazine rings is 1. The van der Waals surface area contributed by atoms with Crippen LogP contribution in [0.25, 0.3) is 0 Å². The number of anilines is 1. The van der Waals surface area contributed by atoms with E-state index in [0.717, 1.165) is 31.7 Å². The third-order valence-electron chi connectivity index (χ3n) is 5.85. The van der Waals surface area contributed by atoms with E-state index < -0.39 is 15.6 Å². The fourth-order valence-corrected chi connectivity index (χ4v) is 5.40. The zero-order valence-electron chi connectivity index (χ0n) is 19.8. The van der Waals surface area contributed by atoms with Gasteiger partial charge in [0.05, 0.1) is 4.90 Å². The first kappa shape index (κ1) is 24.3. The molecule has 0 atom stereocenters. The quantitative estimate of drug-likeness (QED) is 0.719. The normalized spacial score (nSPS) is 15.2. The van der Waals surface area contributed by atoms with Crippen LogP contribution in [0.4, 0.5) is 5.69 Å². The number of amides is 1. The van der Waals surface area contributed by atoms with E-state index >= 15 is 0 Å². The predicted octanol–water partition coefficient (Wildman–Crippen LogP) is 3.66. The van der Waals surface area contributed by atoms with Crippen LogP contribution in [-0.4, -0.2) is 50.9 Å². The molecule has 1 aliphatic rings. The van der Waals surface area contributed by atoms with E-state index in [4.69, 9.17) is 0 Å². The molecule has 1 saturated heterocycles. The molecule has 0 aliphatic carbocycles. The number of nitrogens with one attached hydrogen (secondary N) is 1. The maximum Gasteiger partial charge on any atom is 0.241 e. The van der Waals surface area contributed by atoms with E-state index in [-0.39, 0.29) is 10.8 Å². The number of rotatable bonds is 6. The van der Waals surface area contributed by atoms with Gasteiger partial charge in [0.25, 0.3) is 0 Å². The van der Waals surface area contributed by atoms with Gasteiger partial charge in [-0.3, -0.25) is 4.79 Å². The van der Waals surface area contributed by atoms with Gasteiger partial charge in [-0.2, -0.15) is 0 Å². The molecule has 1 heterocycles. The van der Waals surface area contributed by atoms with Crippen molar-refractivity contribution in [2.45, 2.75) is 57.9 Å². The number of aryl methyl sites for hydroxylation is 2. The van der Waals surface area contributed by atoms with Crippen LogP contribution >= 0.6 is 0 Å². The summed E-state index contributed by atoms with van der Waals surface area (Å²) in [5, 5.41) is 0. The maximum absolute atomic E-state index is 12.7. The number of sulfonamides is 1. The summed E-state index contributed by atoms with van der Waals surface area (Å²) in [6, 6.07) is 13.2. The van der Waals surface area contributed by atoms with Gasteiger partial charge in [0.2, 0.25) is 15.9 Å². The molecule has 1 amide bonds. The molecule has 2 aromatic rings. The van der Waals surface area contributed by atoms with Crippen LogP contribution in [0, 0.1) is 13.8 Å². The van der Waals surface area contributed by atoms with E-state index in [2.05, 4.69) is 41.7 Å². The molecular weight excluding hydrogens is 422 g/mol. The fourth-order valence-electron chi connectivity index (χ4n) is 3.98. The summed E-state index contributed by atoms with van der Waals surface area (Å²) in [7, 11) is -3.55. The molecule has 0 spiro atoms. The van der Waals surface area contributed by atoms with Gasteiger partial charge in [-0.05, 0) is 75.9 Å². The summed E-state index contributed by atoms with van der Waals surface area (Å²) >= 11 is 0.